The lowest BCUT2D eigenvalue weighted by atomic mass is 10.0. The number of nitrogens with zero attached hydrogens (tertiary/aromatic N) is 6. The predicted molar refractivity (Wildman–Crippen MR) is 96.8 cm³/mol. The van der Waals surface area contributed by atoms with Gasteiger partial charge in [-0.05, 0) is 12.1 Å². The quantitative estimate of drug-likeness (QED) is 0.670. The minimum atomic E-state index is -3.14. The normalized spacial score (nSPS) is 14.1. The van der Waals surface area contributed by atoms with Gasteiger partial charge in [-0.1, -0.05) is 23.7 Å². The molecule has 144 valence electrons. The lowest BCUT2D eigenvalue weighted by molar-refractivity contribution is 0.0175. The number of hydrogen-bond acceptors (Lipinski definition) is 5. The van der Waals surface area contributed by atoms with Gasteiger partial charge in [0.2, 0.25) is 0 Å². The molecule has 0 fully saturated rings. The number of aromatic nitrogens is 5. The molecule has 28 heavy (non-hydrogen) atoms. The molecular formula is C18H15ClF2N6O. The molecule has 0 bridgehead atoms. The molecule has 0 saturated heterocycles. The number of carbonyl (C=O) groups excluding carboxylic acids is 1. The average Bonchev–Trinajstić information content (AvgIpc) is 3.10. The van der Waals surface area contributed by atoms with E-state index in [-0.39, 0.29) is 22.7 Å². The zero-order valence-corrected chi connectivity index (χ0v) is 15.6. The summed E-state index contributed by atoms with van der Waals surface area (Å²) in [5, 5.41) is 8.07. The maximum atomic E-state index is 13.7. The number of alkyl halides is 2. The Bertz CT molecular complexity index is 1030. The van der Waals surface area contributed by atoms with E-state index >= 15 is 0 Å². The minimum absolute atomic E-state index is 0.0460. The minimum Gasteiger partial charge on any atom is -0.329 e. The highest BCUT2D eigenvalue weighted by molar-refractivity contribution is 6.34. The topological polar surface area (TPSA) is 76.8 Å². The second kappa shape index (κ2) is 6.90. The summed E-state index contributed by atoms with van der Waals surface area (Å²) in [6.07, 6.45) is 3.04. The third-order valence-electron chi connectivity index (χ3n) is 4.55. The van der Waals surface area contributed by atoms with Gasteiger partial charge >= 0.3 is 0 Å². The number of hydrogen-bond donors (Lipinski definition) is 0. The van der Waals surface area contributed by atoms with Gasteiger partial charge < -0.3 is 9.47 Å². The molecule has 0 N–H and O–H groups in total. The van der Waals surface area contributed by atoms with Crippen molar-refractivity contribution in [2.75, 3.05) is 6.54 Å². The Morgan fingerprint density at radius 1 is 1.21 bits per heavy atom. The van der Waals surface area contributed by atoms with Crippen LogP contribution in [0.15, 0.2) is 36.8 Å². The summed E-state index contributed by atoms with van der Waals surface area (Å²) in [5.74, 6) is -2.38. The van der Waals surface area contributed by atoms with Crippen LogP contribution < -0.4 is 0 Å². The van der Waals surface area contributed by atoms with Crippen LogP contribution in [0.3, 0.4) is 0 Å². The van der Waals surface area contributed by atoms with E-state index in [0.717, 1.165) is 6.92 Å². The number of carbonyl (C=O) groups is 1. The maximum absolute atomic E-state index is 13.7. The first kappa shape index (κ1) is 18.4. The van der Waals surface area contributed by atoms with Crippen LogP contribution >= 0.6 is 11.6 Å². The van der Waals surface area contributed by atoms with E-state index in [0.29, 0.717) is 30.4 Å². The van der Waals surface area contributed by atoms with Gasteiger partial charge in [0.25, 0.3) is 11.8 Å². The van der Waals surface area contributed by atoms with E-state index in [2.05, 4.69) is 20.2 Å². The molecule has 0 atom stereocenters. The first-order valence-corrected chi connectivity index (χ1v) is 8.88. The lowest BCUT2D eigenvalue weighted by Crippen LogP contribution is -2.38. The highest BCUT2D eigenvalue weighted by Crippen LogP contribution is 2.35. The second-order valence-corrected chi connectivity index (χ2v) is 6.85. The highest BCUT2D eigenvalue weighted by atomic mass is 35.5. The molecule has 3 aromatic rings. The van der Waals surface area contributed by atoms with Crippen molar-refractivity contribution in [1.82, 2.24) is 29.6 Å². The standard InChI is InChI=1S/C18H15ClF2N6O/c1-18(20,21)12-4-2-3-11(15(12)19)17(28)26-7-8-27-14(9-26)24-25-16(27)13-5-6-22-10-23-13/h2-6,10H,7-9H2,1H3. The predicted octanol–water partition coefficient (Wildman–Crippen LogP) is 3.16. The first-order chi connectivity index (χ1) is 13.4. The van der Waals surface area contributed by atoms with Gasteiger partial charge in [0, 0.05) is 31.8 Å². The summed E-state index contributed by atoms with van der Waals surface area (Å²) in [7, 11) is 0. The molecule has 1 amide bonds. The molecule has 0 spiro atoms. The van der Waals surface area contributed by atoms with Crippen molar-refractivity contribution in [1.29, 1.82) is 0 Å². The summed E-state index contributed by atoms with van der Waals surface area (Å²) >= 11 is 6.12. The van der Waals surface area contributed by atoms with E-state index < -0.39 is 11.8 Å². The van der Waals surface area contributed by atoms with Crippen molar-refractivity contribution in [3.05, 3.63) is 58.8 Å². The summed E-state index contributed by atoms with van der Waals surface area (Å²) in [6, 6.07) is 5.81. The number of halogens is 3. The first-order valence-electron chi connectivity index (χ1n) is 8.51. The Morgan fingerprint density at radius 2 is 2.04 bits per heavy atom. The van der Waals surface area contributed by atoms with Crippen LogP contribution in [0.5, 0.6) is 0 Å². The summed E-state index contributed by atoms with van der Waals surface area (Å²) in [4.78, 5) is 22.5. The van der Waals surface area contributed by atoms with E-state index in [1.54, 1.807) is 12.3 Å². The molecule has 10 heteroatoms. The SMILES string of the molecule is CC(F)(F)c1cccc(C(=O)N2CCn3c(nnc3-c3ccncn3)C2)c1Cl. The number of amides is 1. The monoisotopic (exact) mass is 404 g/mol. The zero-order chi connectivity index (χ0) is 19.9. The van der Waals surface area contributed by atoms with E-state index in [4.69, 9.17) is 11.6 Å². The Labute approximate surface area is 164 Å². The molecule has 7 nitrogen and oxygen atoms in total. The van der Waals surface area contributed by atoms with E-state index in [9.17, 15) is 13.6 Å². The third-order valence-corrected chi connectivity index (χ3v) is 4.96. The van der Waals surface area contributed by atoms with Gasteiger partial charge in [0.1, 0.15) is 12.0 Å². The largest absolute Gasteiger partial charge is 0.329 e. The van der Waals surface area contributed by atoms with Crippen molar-refractivity contribution >= 4 is 17.5 Å². The van der Waals surface area contributed by atoms with Gasteiger partial charge in [-0.15, -0.1) is 10.2 Å². The smallest absolute Gasteiger partial charge is 0.271 e. The molecule has 0 aliphatic carbocycles. The van der Waals surface area contributed by atoms with Crippen LogP contribution in [0.4, 0.5) is 8.78 Å². The summed E-state index contributed by atoms with van der Waals surface area (Å²) < 4.78 is 29.3. The lowest BCUT2D eigenvalue weighted by Gasteiger charge is -2.28. The molecule has 1 aromatic carbocycles. The van der Waals surface area contributed by atoms with Gasteiger partial charge in [-0.25, -0.2) is 18.7 Å². The van der Waals surface area contributed by atoms with Crippen LogP contribution in [0.1, 0.15) is 28.7 Å². The van der Waals surface area contributed by atoms with Gasteiger partial charge in [-0.2, -0.15) is 0 Å². The fourth-order valence-electron chi connectivity index (χ4n) is 3.15. The average molecular weight is 405 g/mol. The van der Waals surface area contributed by atoms with E-state index in [1.165, 1.54) is 29.4 Å². The van der Waals surface area contributed by atoms with Gasteiger partial charge in [0.15, 0.2) is 11.6 Å². The van der Waals surface area contributed by atoms with Gasteiger partial charge in [0.05, 0.1) is 17.1 Å². The molecule has 3 heterocycles. The van der Waals surface area contributed by atoms with Crippen LogP contribution in [-0.2, 0) is 19.0 Å². The summed E-state index contributed by atoms with van der Waals surface area (Å²) in [5.41, 5.74) is 0.311. The zero-order valence-electron chi connectivity index (χ0n) is 14.8. The molecule has 1 aliphatic heterocycles. The van der Waals surface area contributed by atoms with Crippen LogP contribution in [0.2, 0.25) is 5.02 Å². The molecule has 0 unspecified atom stereocenters. The fraction of sp³-hybridized carbons (Fsp3) is 0.278. The molecule has 1 aliphatic rings. The molecule has 0 radical (unpaired) electrons. The van der Waals surface area contributed by atoms with Crippen LogP contribution in [-0.4, -0.2) is 42.1 Å². The van der Waals surface area contributed by atoms with Crippen LogP contribution in [0, 0.1) is 0 Å². The number of rotatable bonds is 3. The van der Waals surface area contributed by atoms with Crippen molar-refractivity contribution in [2.24, 2.45) is 0 Å². The van der Waals surface area contributed by atoms with Crippen molar-refractivity contribution < 1.29 is 13.6 Å². The molecule has 2 aromatic heterocycles. The molecule has 0 saturated carbocycles. The second-order valence-electron chi connectivity index (χ2n) is 6.47. The Morgan fingerprint density at radius 3 is 2.75 bits per heavy atom. The van der Waals surface area contributed by atoms with Crippen molar-refractivity contribution in [3.63, 3.8) is 0 Å². The van der Waals surface area contributed by atoms with E-state index in [1.807, 2.05) is 4.57 Å². The van der Waals surface area contributed by atoms with Gasteiger partial charge in [-0.3, -0.25) is 4.79 Å². The Kier molecular flexibility index (Phi) is 4.54. The maximum Gasteiger partial charge on any atom is 0.271 e. The van der Waals surface area contributed by atoms with Crippen molar-refractivity contribution in [2.45, 2.75) is 25.9 Å². The van der Waals surface area contributed by atoms with Crippen molar-refractivity contribution in [3.8, 4) is 11.5 Å². The molecular weight excluding hydrogens is 390 g/mol. The Hall–Kier alpha value is -2.94. The summed E-state index contributed by atoms with van der Waals surface area (Å²) in [6.45, 7) is 1.76. The highest BCUT2D eigenvalue weighted by Gasteiger charge is 2.32. The third kappa shape index (κ3) is 3.22. The fourth-order valence-corrected chi connectivity index (χ4v) is 3.52. The van der Waals surface area contributed by atoms with Crippen LogP contribution in [0.25, 0.3) is 11.5 Å². The number of benzene rings is 1. The Balaban J connectivity index is 1.61. The molecule has 4 rings (SSSR count). The number of fused-ring (bicyclic) bond motifs is 1.